The third-order valence-corrected chi connectivity index (χ3v) is 8.93. The van der Waals surface area contributed by atoms with Crippen molar-refractivity contribution in [2.45, 2.75) is 136 Å². The fourth-order valence-corrected chi connectivity index (χ4v) is 6.10. The van der Waals surface area contributed by atoms with Crippen molar-refractivity contribution in [2.24, 2.45) is 5.92 Å². The zero-order valence-electron chi connectivity index (χ0n) is 25.6. The second-order valence-corrected chi connectivity index (χ2v) is 12.5. The number of hydrogen-bond acceptors (Lipinski definition) is 20. The van der Waals surface area contributed by atoms with Crippen LogP contribution in [0.4, 0.5) is 0 Å². The lowest BCUT2D eigenvalue weighted by atomic mass is 9.88. The quantitative estimate of drug-likeness (QED) is 0.0956. The number of rotatable bonds is 11. The van der Waals surface area contributed by atoms with Gasteiger partial charge in [0, 0.05) is 0 Å². The van der Waals surface area contributed by atoms with Crippen molar-refractivity contribution < 1.29 is 99.5 Å². The van der Waals surface area contributed by atoms with E-state index in [-0.39, 0.29) is 0 Å². The molecule has 20 heteroatoms. The molecule has 0 aromatic rings. The molecule has 20 atom stereocenters. The van der Waals surface area contributed by atoms with Gasteiger partial charge in [0.15, 0.2) is 18.9 Å². The molecule has 0 aromatic heterocycles. The van der Waals surface area contributed by atoms with Gasteiger partial charge in [-0.3, -0.25) is 0 Å². The van der Waals surface area contributed by atoms with Crippen molar-refractivity contribution in [3.05, 3.63) is 0 Å². The number of hydrogen-bond donors (Lipinski definition) is 13. The van der Waals surface area contributed by atoms with Gasteiger partial charge in [0.05, 0.1) is 32.5 Å². The van der Waals surface area contributed by atoms with Crippen LogP contribution in [0, 0.1) is 5.92 Å². The standard InChI is InChI=1S/C27H48O20/c1-7(2)21-24(47-26-19(39)17(37)13(33)9(4-29)43-26)23(15(35)10(5-30)41-21)46-27-20(40)22(14(34)11(6-31)44-27)45-25-18(38)16(36)12(32)8(3-28)42-25/h7-40H,3-6H2,1-2H3/t8-,9-,10-,11-,12-,13-,14-,15-,16+,17+,18-,19-,20-,21?,22+,23+,24+,25+,26+,27+/m1/s1. The molecule has 13 N–H and O–H groups in total. The van der Waals surface area contributed by atoms with E-state index in [2.05, 4.69) is 0 Å². The fourth-order valence-electron chi connectivity index (χ4n) is 6.10. The molecule has 0 saturated carbocycles. The highest BCUT2D eigenvalue weighted by Gasteiger charge is 2.56. The molecule has 4 rings (SSSR count). The molecule has 1 unspecified atom stereocenters. The Morgan fingerprint density at radius 1 is 0.404 bits per heavy atom. The zero-order chi connectivity index (χ0) is 34.9. The second kappa shape index (κ2) is 16.5. The van der Waals surface area contributed by atoms with Crippen LogP contribution >= 0.6 is 0 Å². The normalized spacial score (nSPS) is 51.3. The summed E-state index contributed by atoms with van der Waals surface area (Å²) in [6.07, 6.45) is -33.3. The molecule has 0 radical (unpaired) electrons. The van der Waals surface area contributed by atoms with E-state index in [0.717, 1.165) is 0 Å². The molecule has 0 bridgehead atoms. The average Bonchev–Trinajstić information content (AvgIpc) is 3.05. The molecule has 0 aromatic carbocycles. The summed E-state index contributed by atoms with van der Waals surface area (Å²) in [4.78, 5) is 0. The molecule has 4 saturated heterocycles. The minimum atomic E-state index is -1.99. The molecule has 4 fully saturated rings. The van der Waals surface area contributed by atoms with Crippen LogP contribution in [0.2, 0.25) is 0 Å². The molecule has 4 aliphatic rings. The molecular weight excluding hydrogens is 644 g/mol. The molecule has 4 heterocycles. The minimum Gasteiger partial charge on any atom is -0.394 e. The summed E-state index contributed by atoms with van der Waals surface area (Å²) in [5.74, 6) is -0.441. The van der Waals surface area contributed by atoms with E-state index in [1.165, 1.54) is 0 Å². The predicted octanol–water partition coefficient (Wildman–Crippen LogP) is -8.04. The topological polar surface area (TPSA) is 328 Å². The Labute approximate surface area is 268 Å². The van der Waals surface area contributed by atoms with E-state index >= 15 is 0 Å². The van der Waals surface area contributed by atoms with Crippen LogP contribution in [0.25, 0.3) is 0 Å². The molecule has 276 valence electrons. The van der Waals surface area contributed by atoms with E-state index in [4.69, 9.17) is 33.2 Å². The number of aliphatic hydroxyl groups is 13. The summed E-state index contributed by atoms with van der Waals surface area (Å²) >= 11 is 0. The van der Waals surface area contributed by atoms with Crippen LogP contribution in [-0.4, -0.2) is 215 Å². The van der Waals surface area contributed by atoms with Crippen LogP contribution in [0.3, 0.4) is 0 Å². The van der Waals surface area contributed by atoms with Gasteiger partial charge in [-0.1, -0.05) is 13.8 Å². The maximum absolute atomic E-state index is 11.3. The molecule has 20 nitrogen and oxygen atoms in total. The van der Waals surface area contributed by atoms with E-state index in [0.29, 0.717) is 0 Å². The lowest BCUT2D eigenvalue weighted by Gasteiger charge is -2.50. The van der Waals surface area contributed by atoms with E-state index in [1.807, 2.05) is 0 Å². The highest BCUT2D eigenvalue weighted by Crippen LogP contribution is 2.36. The first kappa shape index (κ1) is 39.0. The van der Waals surface area contributed by atoms with Crippen LogP contribution in [0.15, 0.2) is 0 Å². The summed E-state index contributed by atoms with van der Waals surface area (Å²) in [7, 11) is 0. The summed E-state index contributed by atoms with van der Waals surface area (Å²) in [5, 5.41) is 134. The van der Waals surface area contributed by atoms with Gasteiger partial charge in [-0.2, -0.15) is 0 Å². The van der Waals surface area contributed by atoms with E-state index < -0.39 is 155 Å². The van der Waals surface area contributed by atoms with Gasteiger partial charge < -0.3 is 99.5 Å². The molecule has 0 amide bonds. The van der Waals surface area contributed by atoms with Crippen LogP contribution in [-0.2, 0) is 33.2 Å². The zero-order valence-corrected chi connectivity index (χ0v) is 25.6. The van der Waals surface area contributed by atoms with Crippen LogP contribution < -0.4 is 0 Å². The minimum absolute atomic E-state index is 0.441. The van der Waals surface area contributed by atoms with Gasteiger partial charge in [0.1, 0.15) is 97.7 Å². The first-order valence-electron chi connectivity index (χ1n) is 15.3. The Morgan fingerprint density at radius 2 is 0.745 bits per heavy atom. The number of aliphatic hydroxyl groups excluding tert-OH is 13. The summed E-state index contributed by atoms with van der Waals surface area (Å²) in [6.45, 7) is 0.230. The van der Waals surface area contributed by atoms with Gasteiger partial charge in [-0.25, -0.2) is 0 Å². The van der Waals surface area contributed by atoms with Crippen molar-refractivity contribution in [3.63, 3.8) is 0 Å². The van der Waals surface area contributed by atoms with Gasteiger partial charge in [0.2, 0.25) is 0 Å². The number of ether oxygens (including phenoxy) is 7. The molecule has 47 heavy (non-hydrogen) atoms. The monoisotopic (exact) mass is 692 g/mol. The van der Waals surface area contributed by atoms with E-state index in [9.17, 15) is 66.4 Å². The first-order chi connectivity index (χ1) is 22.2. The van der Waals surface area contributed by atoms with Crippen molar-refractivity contribution in [1.29, 1.82) is 0 Å². The SMILES string of the molecule is CC(C)C1O[C@H](CO)[C@@H](O)[C@H](O[C@@H]2O[C@H](CO)[C@@H](O)[C@H](O[C@@H]3O[C@H](CO)[C@@H](O)[C@H](O)[C@H]3O)[C@H]2O)[C@H]1O[C@@H]1O[C@H](CO)[C@@H](O)[C@H](O)[C@H]1O. The third-order valence-electron chi connectivity index (χ3n) is 8.93. The Hall–Kier alpha value is -0.800. The summed E-state index contributed by atoms with van der Waals surface area (Å²) in [5.41, 5.74) is 0. The Kier molecular flexibility index (Phi) is 13.7. The molecular formula is C27H48O20. The van der Waals surface area contributed by atoms with Crippen molar-refractivity contribution >= 4 is 0 Å². The smallest absolute Gasteiger partial charge is 0.187 e. The maximum Gasteiger partial charge on any atom is 0.187 e. The summed E-state index contributed by atoms with van der Waals surface area (Å²) in [6, 6.07) is 0. The van der Waals surface area contributed by atoms with Crippen molar-refractivity contribution in [2.75, 3.05) is 26.4 Å². The van der Waals surface area contributed by atoms with Gasteiger partial charge in [-0.05, 0) is 5.92 Å². The fraction of sp³-hybridized carbons (Fsp3) is 1.00. The lowest BCUT2D eigenvalue weighted by molar-refractivity contribution is -0.386. The second-order valence-electron chi connectivity index (χ2n) is 12.5. The third kappa shape index (κ3) is 7.92. The van der Waals surface area contributed by atoms with Crippen molar-refractivity contribution in [3.8, 4) is 0 Å². The van der Waals surface area contributed by atoms with Crippen LogP contribution in [0.1, 0.15) is 13.8 Å². The highest BCUT2D eigenvalue weighted by molar-refractivity contribution is 5.00. The van der Waals surface area contributed by atoms with Gasteiger partial charge >= 0.3 is 0 Å². The van der Waals surface area contributed by atoms with E-state index in [1.54, 1.807) is 13.8 Å². The highest BCUT2D eigenvalue weighted by atomic mass is 16.8. The van der Waals surface area contributed by atoms with Crippen LogP contribution in [0.5, 0.6) is 0 Å². The Balaban J connectivity index is 1.62. The predicted molar refractivity (Wildman–Crippen MR) is 147 cm³/mol. The van der Waals surface area contributed by atoms with Crippen molar-refractivity contribution in [1.82, 2.24) is 0 Å². The van der Waals surface area contributed by atoms with Gasteiger partial charge in [-0.15, -0.1) is 0 Å². The largest absolute Gasteiger partial charge is 0.394 e. The molecule has 0 spiro atoms. The Bertz CT molecular complexity index is 959. The summed E-state index contributed by atoms with van der Waals surface area (Å²) < 4.78 is 39.8. The maximum atomic E-state index is 11.3. The first-order valence-corrected chi connectivity index (χ1v) is 15.3. The lowest BCUT2D eigenvalue weighted by Crippen LogP contribution is -2.68. The average molecular weight is 693 g/mol. The molecule has 0 aliphatic carbocycles. The van der Waals surface area contributed by atoms with Gasteiger partial charge in [0.25, 0.3) is 0 Å². The Morgan fingerprint density at radius 3 is 1.17 bits per heavy atom. The molecule has 4 aliphatic heterocycles.